The number of benzene rings is 2. The molecule has 128 valence electrons. The van der Waals surface area contributed by atoms with Crippen LogP contribution in [0.1, 0.15) is 5.56 Å². The Morgan fingerprint density at radius 1 is 1.23 bits per heavy atom. The molecule has 0 aliphatic carbocycles. The highest BCUT2D eigenvalue weighted by atomic mass is 16.6. The van der Waals surface area contributed by atoms with E-state index < -0.39 is 4.92 Å². The minimum absolute atomic E-state index is 0.00373. The van der Waals surface area contributed by atoms with Gasteiger partial charge >= 0.3 is 0 Å². The first-order chi connectivity index (χ1) is 12.5. The smallest absolute Gasteiger partial charge is 0.269 e. The van der Waals surface area contributed by atoms with E-state index in [0.29, 0.717) is 11.3 Å². The van der Waals surface area contributed by atoms with Crippen molar-refractivity contribution < 1.29 is 9.72 Å². The van der Waals surface area contributed by atoms with Gasteiger partial charge in [-0.1, -0.05) is 6.07 Å². The molecule has 1 amide bonds. The molecular formula is C18H13N5O3. The SMILES string of the molecule is N#Cc1cccc(NC(=O)Cn2cc(-c3ccc([N+](=O)[O-])cc3)cn2)c1. The average Bonchev–Trinajstić information content (AvgIpc) is 3.10. The van der Waals surface area contributed by atoms with Crippen LogP contribution in [-0.4, -0.2) is 20.6 Å². The summed E-state index contributed by atoms with van der Waals surface area (Å²) in [5, 5.41) is 26.4. The van der Waals surface area contributed by atoms with E-state index in [1.807, 2.05) is 6.07 Å². The van der Waals surface area contributed by atoms with Crippen LogP contribution in [0.15, 0.2) is 60.9 Å². The number of anilines is 1. The number of nitro benzene ring substituents is 1. The van der Waals surface area contributed by atoms with Crippen LogP contribution in [0.5, 0.6) is 0 Å². The summed E-state index contributed by atoms with van der Waals surface area (Å²) in [5.41, 5.74) is 2.53. The third-order valence-corrected chi connectivity index (χ3v) is 3.63. The van der Waals surface area contributed by atoms with Crippen molar-refractivity contribution in [2.45, 2.75) is 6.54 Å². The van der Waals surface area contributed by atoms with Gasteiger partial charge in [-0.15, -0.1) is 0 Å². The molecule has 0 aliphatic rings. The molecule has 0 fully saturated rings. The molecule has 0 radical (unpaired) electrons. The summed E-state index contributed by atoms with van der Waals surface area (Å²) in [5.74, 6) is -0.279. The number of carbonyl (C=O) groups is 1. The van der Waals surface area contributed by atoms with Crippen molar-refractivity contribution >= 4 is 17.3 Å². The van der Waals surface area contributed by atoms with Crippen molar-refractivity contribution in [2.75, 3.05) is 5.32 Å². The van der Waals surface area contributed by atoms with Gasteiger partial charge in [-0.2, -0.15) is 10.4 Å². The number of nitrogens with zero attached hydrogens (tertiary/aromatic N) is 4. The Balaban J connectivity index is 1.67. The second kappa shape index (κ2) is 7.27. The van der Waals surface area contributed by atoms with E-state index in [2.05, 4.69) is 10.4 Å². The molecule has 0 saturated heterocycles. The lowest BCUT2D eigenvalue weighted by atomic mass is 10.1. The van der Waals surface area contributed by atoms with Crippen LogP contribution in [0.3, 0.4) is 0 Å². The second-order valence-electron chi connectivity index (χ2n) is 5.47. The third-order valence-electron chi connectivity index (χ3n) is 3.63. The fourth-order valence-corrected chi connectivity index (χ4v) is 2.39. The zero-order valence-corrected chi connectivity index (χ0v) is 13.5. The van der Waals surface area contributed by atoms with Gasteiger partial charge in [-0.3, -0.25) is 19.6 Å². The lowest BCUT2D eigenvalue weighted by Crippen LogP contribution is -2.19. The maximum atomic E-state index is 12.1. The number of amides is 1. The minimum Gasteiger partial charge on any atom is -0.324 e. The molecule has 1 aromatic heterocycles. The van der Waals surface area contributed by atoms with Crippen molar-refractivity contribution in [2.24, 2.45) is 0 Å². The molecule has 1 N–H and O–H groups in total. The molecule has 3 rings (SSSR count). The van der Waals surface area contributed by atoms with Crippen molar-refractivity contribution in [1.82, 2.24) is 9.78 Å². The molecular weight excluding hydrogens is 334 g/mol. The molecule has 1 heterocycles. The largest absolute Gasteiger partial charge is 0.324 e. The van der Waals surface area contributed by atoms with Crippen molar-refractivity contribution in [1.29, 1.82) is 5.26 Å². The van der Waals surface area contributed by atoms with Crippen LogP contribution in [0.2, 0.25) is 0 Å². The summed E-state index contributed by atoms with van der Waals surface area (Å²) in [4.78, 5) is 22.3. The number of aromatic nitrogens is 2. The van der Waals surface area contributed by atoms with Gasteiger partial charge in [-0.05, 0) is 35.9 Å². The van der Waals surface area contributed by atoms with E-state index in [1.165, 1.54) is 16.8 Å². The highest BCUT2D eigenvalue weighted by molar-refractivity contribution is 5.90. The average molecular weight is 347 g/mol. The van der Waals surface area contributed by atoms with Crippen LogP contribution >= 0.6 is 0 Å². The third kappa shape index (κ3) is 3.91. The number of nitrogens with one attached hydrogen (secondary N) is 1. The second-order valence-corrected chi connectivity index (χ2v) is 5.47. The molecule has 0 unspecified atom stereocenters. The van der Waals surface area contributed by atoms with Crippen molar-refractivity contribution in [3.8, 4) is 17.2 Å². The van der Waals surface area contributed by atoms with Gasteiger partial charge in [0.05, 0.1) is 22.8 Å². The van der Waals surface area contributed by atoms with E-state index in [1.54, 1.807) is 48.8 Å². The van der Waals surface area contributed by atoms with E-state index >= 15 is 0 Å². The van der Waals surface area contributed by atoms with Gasteiger partial charge in [0.15, 0.2) is 0 Å². The van der Waals surface area contributed by atoms with Crippen molar-refractivity contribution in [3.63, 3.8) is 0 Å². The molecule has 0 atom stereocenters. The van der Waals surface area contributed by atoms with Gasteiger partial charge in [0.25, 0.3) is 5.69 Å². The zero-order chi connectivity index (χ0) is 18.5. The highest BCUT2D eigenvalue weighted by Gasteiger charge is 2.09. The lowest BCUT2D eigenvalue weighted by Gasteiger charge is -2.05. The number of hydrogen-bond donors (Lipinski definition) is 1. The number of hydrogen-bond acceptors (Lipinski definition) is 5. The van der Waals surface area contributed by atoms with Crippen LogP contribution in [0.4, 0.5) is 11.4 Å². The predicted octanol–water partition coefficient (Wildman–Crippen LogP) is 2.97. The predicted molar refractivity (Wildman–Crippen MR) is 94.1 cm³/mol. The number of nitro groups is 1. The Labute approximate surface area is 148 Å². The number of carbonyl (C=O) groups excluding carboxylic acids is 1. The molecule has 8 nitrogen and oxygen atoms in total. The van der Waals surface area contributed by atoms with Crippen molar-refractivity contribution in [3.05, 3.63) is 76.6 Å². The van der Waals surface area contributed by atoms with Gasteiger partial charge in [0.1, 0.15) is 6.54 Å². The van der Waals surface area contributed by atoms with Crippen LogP contribution in [0, 0.1) is 21.4 Å². The fourth-order valence-electron chi connectivity index (χ4n) is 2.39. The van der Waals surface area contributed by atoms with Gasteiger partial charge < -0.3 is 5.32 Å². The normalized spacial score (nSPS) is 10.1. The summed E-state index contributed by atoms with van der Waals surface area (Å²) < 4.78 is 1.47. The highest BCUT2D eigenvalue weighted by Crippen LogP contribution is 2.21. The Morgan fingerprint density at radius 3 is 2.69 bits per heavy atom. The van der Waals surface area contributed by atoms with Gasteiger partial charge in [-0.25, -0.2) is 0 Å². The first kappa shape index (κ1) is 16.9. The molecule has 0 bridgehead atoms. The zero-order valence-electron chi connectivity index (χ0n) is 13.5. The van der Waals surface area contributed by atoms with E-state index in [4.69, 9.17) is 5.26 Å². The maximum absolute atomic E-state index is 12.1. The number of rotatable bonds is 5. The van der Waals surface area contributed by atoms with Gasteiger partial charge in [0.2, 0.25) is 5.91 Å². The van der Waals surface area contributed by atoms with Gasteiger partial charge in [0, 0.05) is 29.6 Å². The van der Waals surface area contributed by atoms with Crippen LogP contribution < -0.4 is 5.32 Å². The topological polar surface area (TPSA) is 114 Å². The first-order valence-electron chi connectivity index (χ1n) is 7.62. The Morgan fingerprint density at radius 2 is 2.00 bits per heavy atom. The fraction of sp³-hybridized carbons (Fsp3) is 0.0556. The summed E-state index contributed by atoms with van der Waals surface area (Å²) in [6.45, 7) is 0.00373. The summed E-state index contributed by atoms with van der Waals surface area (Å²) in [6, 6.07) is 14.7. The molecule has 2 aromatic carbocycles. The quantitative estimate of drug-likeness (QED) is 0.563. The lowest BCUT2D eigenvalue weighted by molar-refractivity contribution is -0.384. The summed E-state index contributed by atoms with van der Waals surface area (Å²) >= 11 is 0. The molecule has 26 heavy (non-hydrogen) atoms. The van der Waals surface area contributed by atoms with E-state index in [0.717, 1.165) is 11.1 Å². The Hall–Kier alpha value is -3.99. The minimum atomic E-state index is -0.459. The first-order valence-corrected chi connectivity index (χ1v) is 7.62. The standard InChI is InChI=1S/C18H13N5O3/c19-9-13-2-1-3-16(8-13)21-18(24)12-22-11-15(10-20-22)14-4-6-17(7-5-14)23(25)26/h1-8,10-11H,12H2,(H,21,24). The van der Waals surface area contributed by atoms with Crippen LogP contribution in [-0.2, 0) is 11.3 Å². The summed E-state index contributed by atoms with van der Waals surface area (Å²) in [6.07, 6.45) is 3.27. The molecule has 0 aliphatic heterocycles. The molecule has 8 heteroatoms. The maximum Gasteiger partial charge on any atom is 0.269 e. The Kier molecular flexibility index (Phi) is 4.71. The monoisotopic (exact) mass is 347 g/mol. The number of nitriles is 1. The molecule has 3 aromatic rings. The molecule has 0 spiro atoms. The van der Waals surface area contributed by atoms with E-state index in [-0.39, 0.29) is 18.1 Å². The van der Waals surface area contributed by atoms with Crippen LogP contribution in [0.25, 0.3) is 11.1 Å². The summed E-state index contributed by atoms with van der Waals surface area (Å²) in [7, 11) is 0. The Bertz CT molecular complexity index is 1000. The van der Waals surface area contributed by atoms with E-state index in [9.17, 15) is 14.9 Å². The molecule has 0 saturated carbocycles. The number of non-ortho nitro benzene ring substituents is 1.